The smallest absolute Gasteiger partial charge is 0.320 e. The lowest BCUT2D eigenvalue weighted by atomic mass is 9.95. The Labute approximate surface area is 236 Å². The Balaban J connectivity index is 1.45. The molecule has 0 amide bonds. The summed E-state index contributed by atoms with van der Waals surface area (Å²) >= 11 is 0. The zero-order valence-corrected chi connectivity index (χ0v) is 23.2. The summed E-state index contributed by atoms with van der Waals surface area (Å²) in [6.45, 7) is 5.98. The molecule has 4 aromatic rings. The number of carboxylic acid groups (broad SMARTS) is 1. The Kier molecular flexibility index (Phi) is 8.72. The molecule has 0 bridgehead atoms. The maximum absolute atomic E-state index is 11.9. The van der Waals surface area contributed by atoms with E-state index in [1.807, 2.05) is 24.4 Å². The molecule has 204 valence electrons. The highest BCUT2D eigenvalue weighted by molar-refractivity contribution is 5.78. The summed E-state index contributed by atoms with van der Waals surface area (Å²) in [5.41, 5.74) is 9.03. The van der Waals surface area contributed by atoms with Crippen LogP contribution in [0, 0.1) is 13.8 Å². The Bertz CT molecular complexity index is 1480. The average Bonchev–Trinajstić information content (AvgIpc) is 2.98. The van der Waals surface area contributed by atoms with E-state index < -0.39 is 12.0 Å². The molecule has 5 rings (SSSR count). The van der Waals surface area contributed by atoms with Gasteiger partial charge >= 0.3 is 5.97 Å². The molecule has 40 heavy (non-hydrogen) atoms. The number of aromatic nitrogens is 1. The van der Waals surface area contributed by atoms with Crippen molar-refractivity contribution in [2.75, 3.05) is 6.54 Å². The lowest BCUT2D eigenvalue weighted by molar-refractivity contribution is -0.144. The molecule has 0 saturated carbocycles. The number of benzene rings is 3. The molecule has 0 aliphatic carbocycles. The molecule has 1 atom stereocenters. The third kappa shape index (κ3) is 6.49. The first kappa shape index (κ1) is 27.4. The number of rotatable bonds is 9. The van der Waals surface area contributed by atoms with Crippen LogP contribution in [0.3, 0.4) is 0 Å². The van der Waals surface area contributed by atoms with Gasteiger partial charge in [0.15, 0.2) is 0 Å². The fourth-order valence-corrected chi connectivity index (χ4v) is 5.47. The molecule has 1 aromatic heterocycles. The molecule has 5 heteroatoms. The van der Waals surface area contributed by atoms with E-state index in [0.717, 1.165) is 47.4 Å². The lowest BCUT2D eigenvalue weighted by Crippen LogP contribution is -2.44. The number of piperidine rings is 1. The predicted molar refractivity (Wildman–Crippen MR) is 161 cm³/mol. The van der Waals surface area contributed by atoms with Gasteiger partial charge in [0, 0.05) is 30.1 Å². The molecule has 1 aliphatic rings. The number of carboxylic acids is 1. The summed E-state index contributed by atoms with van der Waals surface area (Å²) in [4.78, 5) is 18.2. The van der Waals surface area contributed by atoms with Crippen molar-refractivity contribution in [2.45, 2.75) is 52.3 Å². The van der Waals surface area contributed by atoms with Gasteiger partial charge in [-0.1, -0.05) is 79.2 Å². The summed E-state index contributed by atoms with van der Waals surface area (Å²) in [6, 6.07) is 24.5. The van der Waals surface area contributed by atoms with E-state index in [9.17, 15) is 9.90 Å². The van der Waals surface area contributed by atoms with Crippen LogP contribution in [0.1, 0.15) is 52.6 Å². The number of ether oxygens (including phenoxy) is 1. The van der Waals surface area contributed by atoms with Crippen LogP contribution in [0.5, 0.6) is 5.75 Å². The van der Waals surface area contributed by atoms with E-state index in [0.29, 0.717) is 19.6 Å². The number of aryl methyl sites for hydroxylation is 1. The van der Waals surface area contributed by atoms with Crippen molar-refractivity contribution >= 4 is 18.1 Å². The van der Waals surface area contributed by atoms with Crippen molar-refractivity contribution in [3.63, 3.8) is 0 Å². The van der Waals surface area contributed by atoms with Crippen molar-refractivity contribution in [2.24, 2.45) is 0 Å². The number of pyridine rings is 1. The molecular weight excluding hydrogens is 496 g/mol. The third-order valence-corrected chi connectivity index (χ3v) is 7.74. The Morgan fingerprint density at radius 1 is 1.00 bits per heavy atom. The molecule has 3 aromatic carbocycles. The summed E-state index contributed by atoms with van der Waals surface area (Å²) < 4.78 is 6.36. The molecule has 1 aliphatic heterocycles. The second-order valence-electron chi connectivity index (χ2n) is 10.5. The summed E-state index contributed by atoms with van der Waals surface area (Å²) in [6.07, 6.45) is 10.5. The van der Waals surface area contributed by atoms with Gasteiger partial charge in [-0.05, 0) is 78.7 Å². The largest absolute Gasteiger partial charge is 0.488 e. The van der Waals surface area contributed by atoms with Crippen molar-refractivity contribution in [1.29, 1.82) is 0 Å². The zero-order valence-electron chi connectivity index (χ0n) is 23.2. The van der Waals surface area contributed by atoms with Gasteiger partial charge in [0.1, 0.15) is 18.4 Å². The third-order valence-electron chi connectivity index (χ3n) is 7.74. The maximum atomic E-state index is 11.9. The minimum absolute atomic E-state index is 0.396. The van der Waals surface area contributed by atoms with Crippen LogP contribution in [0.2, 0.25) is 0 Å². The number of hydrogen-bond acceptors (Lipinski definition) is 4. The van der Waals surface area contributed by atoms with E-state index in [2.05, 4.69) is 90.5 Å². The quantitative estimate of drug-likeness (QED) is 0.226. The van der Waals surface area contributed by atoms with Gasteiger partial charge in [-0.3, -0.25) is 14.7 Å². The highest BCUT2D eigenvalue weighted by Crippen LogP contribution is 2.31. The fraction of sp³-hybridized carbons (Fsp3) is 0.257. The van der Waals surface area contributed by atoms with E-state index in [4.69, 9.17) is 4.74 Å². The minimum Gasteiger partial charge on any atom is -0.488 e. The van der Waals surface area contributed by atoms with Gasteiger partial charge in [-0.25, -0.2) is 0 Å². The van der Waals surface area contributed by atoms with Gasteiger partial charge in [-0.2, -0.15) is 0 Å². The molecular formula is C35H36N2O3. The summed E-state index contributed by atoms with van der Waals surface area (Å²) in [5.74, 6) is 0.0282. The van der Waals surface area contributed by atoms with Crippen LogP contribution in [0.15, 0.2) is 85.2 Å². The van der Waals surface area contributed by atoms with Crippen LogP contribution in [0.25, 0.3) is 23.3 Å². The summed E-state index contributed by atoms with van der Waals surface area (Å²) in [5, 5.41) is 9.81. The number of hydrogen-bond donors (Lipinski definition) is 1. The van der Waals surface area contributed by atoms with Crippen LogP contribution >= 0.6 is 0 Å². The topological polar surface area (TPSA) is 62.7 Å². The van der Waals surface area contributed by atoms with Crippen LogP contribution in [-0.2, 0) is 17.9 Å². The minimum atomic E-state index is -0.748. The van der Waals surface area contributed by atoms with Crippen molar-refractivity contribution in [3.8, 4) is 16.9 Å². The van der Waals surface area contributed by atoms with Gasteiger partial charge < -0.3 is 9.84 Å². The SMILES string of the molecule is Cc1cc(CN2CCCC[C@H]2C(=O)O)c(OCc2cccnc2)cc1/C=C/c1cccc(-c2ccccc2)c1C. The van der Waals surface area contributed by atoms with Crippen molar-refractivity contribution in [3.05, 3.63) is 119 Å². The second kappa shape index (κ2) is 12.8. The zero-order chi connectivity index (χ0) is 27.9. The van der Waals surface area contributed by atoms with E-state index in [1.165, 1.54) is 22.3 Å². The van der Waals surface area contributed by atoms with E-state index >= 15 is 0 Å². The molecule has 0 radical (unpaired) electrons. The average molecular weight is 533 g/mol. The molecule has 1 fully saturated rings. The number of likely N-dealkylation sites (tertiary alicyclic amines) is 1. The first-order valence-corrected chi connectivity index (χ1v) is 13.9. The maximum Gasteiger partial charge on any atom is 0.320 e. The first-order valence-electron chi connectivity index (χ1n) is 13.9. The van der Waals surface area contributed by atoms with Crippen molar-refractivity contribution in [1.82, 2.24) is 9.88 Å². The van der Waals surface area contributed by atoms with Gasteiger partial charge in [0.05, 0.1) is 0 Å². The second-order valence-corrected chi connectivity index (χ2v) is 10.5. The monoisotopic (exact) mass is 532 g/mol. The number of nitrogens with zero attached hydrogens (tertiary/aromatic N) is 2. The van der Waals surface area contributed by atoms with E-state index in [-0.39, 0.29) is 0 Å². The molecule has 0 unspecified atom stereocenters. The molecule has 1 N–H and O–H groups in total. The Morgan fingerprint density at radius 3 is 2.60 bits per heavy atom. The number of carbonyl (C=O) groups is 1. The molecule has 1 saturated heterocycles. The number of aliphatic carboxylic acids is 1. The summed E-state index contributed by atoms with van der Waals surface area (Å²) in [7, 11) is 0. The highest BCUT2D eigenvalue weighted by Gasteiger charge is 2.29. The molecule has 2 heterocycles. The van der Waals surface area contributed by atoms with Crippen molar-refractivity contribution < 1.29 is 14.6 Å². The predicted octanol–water partition coefficient (Wildman–Crippen LogP) is 7.55. The first-order chi connectivity index (χ1) is 19.5. The van der Waals surface area contributed by atoms with Crippen LogP contribution in [0.4, 0.5) is 0 Å². The molecule has 0 spiro atoms. The highest BCUT2D eigenvalue weighted by atomic mass is 16.5. The standard InChI is InChI=1S/C35H36N2O3/c1-25-20-31(23-37-19-7-6-15-33(37)35(38)39)34(40-24-27-10-9-18-36-22-27)21-30(25)17-16-28-13-8-14-32(26(28)2)29-11-4-3-5-12-29/h3-5,8-14,16-18,20-22,33H,6-7,15,19,23-24H2,1-2H3,(H,38,39)/b17-16+/t33-/m0/s1. The Morgan fingerprint density at radius 2 is 1.82 bits per heavy atom. The van der Waals surface area contributed by atoms with Gasteiger partial charge in [-0.15, -0.1) is 0 Å². The fourth-order valence-electron chi connectivity index (χ4n) is 5.47. The van der Waals surface area contributed by atoms with Gasteiger partial charge in [0.25, 0.3) is 0 Å². The van der Waals surface area contributed by atoms with E-state index in [1.54, 1.807) is 6.20 Å². The van der Waals surface area contributed by atoms with Crippen LogP contribution < -0.4 is 4.74 Å². The van der Waals surface area contributed by atoms with Crippen LogP contribution in [-0.4, -0.2) is 33.5 Å². The Hall–Kier alpha value is -4.22. The molecule has 5 nitrogen and oxygen atoms in total. The lowest BCUT2D eigenvalue weighted by Gasteiger charge is -2.33. The van der Waals surface area contributed by atoms with Gasteiger partial charge in [0.2, 0.25) is 0 Å². The normalized spacial score (nSPS) is 15.8.